The molecule has 2 aromatic rings. The molecule has 1 atom stereocenters. The predicted octanol–water partition coefficient (Wildman–Crippen LogP) is 4.06. The van der Waals surface area contributed by atoms with Crippen molar-refractivity contribution >= 4 is 53.1 Å². The lowest BCUT2D eigenvalue weighted by atomic mass is 9.96. The molecule has 0 radical (unpaired) electrons. The number of carbonyl (C=O) groups is 1. The quantitative estimate of drug-likeness (QED) is 0.229. The van der Waals surface area contributed by atoms with Crippen molar-refractivity contribution in [2.75, 3.05) is 25.0 Å². The van der Waals surface area contributed by atoms with Gasteiger partial charge in [0.15, 0.2) is 5.96 Å². The lowest BCUT2D eigenvalue weighted by molar-refractivity contribution is -0.116. The molecule has 0 aromatic heterocycles. The number of hydrogen-bond acceptors (Lipinski definition) is 3. The van der Waals surface area contributed by atoms with Gasteiger partial charge in [-0.3, -0.25) is 4.79 Å². The van der Waals surface area contributed by atoms with Crippen LogP contribution >= 0.6 is 35.6 Å². The number of hydrogen-bond donors (Lipinski definition) is 4. The largest absolute Gasteiger partial charge is 0.384 e. The number of amides is 1. The average Bonchev–Trinajstić information content (AvgIpc) is 2.69. The number of aryl methyl sites for hydroxylation is 1. The molecule has 8 heteroatoms. The normalized spacial score (nSPS) is 13.0. The summed E-state index contributed by atoms with van der Waals surface area (Å²) < 4.78 is 0. The van der Waals surface area contributed by atoms with Crippen molar-refractivity contribution in [3.8, 4) is 0 Å². The van der Waals surface area contributed by atoms with E-state index in [1.165, 1.54) is 0 Å². The summed E-state index contributed by atoms with van der Waals surface area (Å²) in [6, 6.07) is 14.9. The van der Waals surface area contributed by atoms with Crippen molar-refractivity contribution in [3.63, 3.8) is 0 Å². The van der Waals surface area contributed by atoms with Crippen LogP contribution in [0, 0.1) is 6.92 Å². The third-order valence-electron chi connectivity index (χ3n) is 4.33. The van der Waals surface area contributed by atoms with Crippen LogP contribution in [0.5, 0.6) is 0 Å². The van der Waals surface area contributed by atoms with Gasteiger partial charge in [0.25, 0.3) is 0 Å². The van der Waals surface area contributed by atoms with Crippen LogP contribution in [0.25, 0.3) is 0 Å². The zero-order valence-electron chi connectivity index (χ0n) is 17.5. The standard InChI is InChI=1S/C22H29ClN4O2.HI/c1-4-24-21(26-15-22(3,29)17-8-6-5-7-9-17)25-13-12-20(28)27-19-11-10-16(2)14-18(19)23;/h5-11,14,29H,4,12-13,15H2,1-3H3,(H,27,28)(H2,24,25,26);1H. The summed E-state index contributed by atoms with van der Waals surface area (Å²) in [5.41, 5.74) is 1.35. The molecule has 0 aliphatic carbocycles. The van der Waals surface area contributed by atoms with Gasteiger partial charge in [-0.05, 0) is 44.0 Å². The van der Waals surface area contributed by atoms with Crippen LogP contribution in [0.15, 0.2) is 53.5 Å². The Kier molecular flexibility index (Phi) is 11.1. The molecule has 0 saturated carbocycles. The number of rotatable bonds is 8. The third-order valence-corrected chi connectivity index (χ3v) is 4.64. The molecule has 0 fully saturated rings. The summed E-state index contributed by atoms with van der Waals surface area (Å²) in [4.78, 5) is 16.6. The first-order valence-corrected chi connectivity index (χ1v) is 10.1. The summed E-state index contributed by atoms with van der Waals surface area (Å²) >= 11 is 6.15. The molecule has 2 rings (SSSR count). The van der Waals surface area contributed by atoms with Crippen molar-refractivity contribution < 1.29 is 9.90 Å². The average molecular weight is 545 g/mol. The topological polar surface area (TPSA) is 85.8 Å². The second-order valence-electron chi connectivity index (χ2n) is 7.04. The number of aliphatic imine (C=N–C) groups is 1. The smallest absolute Gasteiger partial charge is 0.226 e. The third kappa shape index (κ3) is 8.49. The Hall–Kier alpha value is -1.84. The van der Waals surface area contributed by atoms with E-state index in [-0.39, 0.29) is 42.8 Å². The Morgan fingerprint density at radius 2 is 1.87 bits per heavy atom. The second kappa shape index (κ2) is 12.8. The van der Waals surface area contributed by atoms with Crippen molar-refractivity contribution in [2.24, 2.45) is 4.99 Å². The minimum atomic E-state index is -1.08. The minimum absolute atomic E-state index is 0. The van der Waals surface area contributed by atoms with Gasteiger partial charge in [0, 0.05) is 19.5 Å². The number of nitrogens with zero attached hydrogens (tertiary/aromatic N) is 1. The van der Waals surface area contributed by atoms with E-state index in [1.807, 2.05) is 56.3 Å². The fraction of sp³-hybridized carbons (Fsp3) is 0.364. The maximum atomic E-state index is 12.2. The van der Waals surface area contributed by atoms with E-state index in [1.54, 1.807) is 13.0 Å². The van der Waals surface area contributed by atoms with E-state index in [0.29, 0.717) is 29.8 Å². The Labute approximate surface area is 200 Å². The molecule has 4 N–H and O–H groups in total. The maximum absolute atomic E-state index is 12.2. The van der Waals surface area contributed by atoms with Crippen LogP contribution < -0.4 is 16.0 Å². The highest BCUT2D eigenvalue weighted by molar-refractivity contribution is 14.0. The van der Waals surface area contributed by atoms with E-state index in [0.717, 1.165) is 11.1 Å². The van der Waals surface area contributed by atoms with Crippen LogP contribution in [0.3, 0.4) is 0 Å². The van der Waals surface area contributed by atoms with E-state index in [4.69, 9.17) is 11.6 Å². The Bertz CT molecular complexity index is 844. The number of carbonyl (C=O) groups excluding carboxylic acids is 1. The van der Waals surface area contributed by atoms with Crippen LogP contribution in [0.4, 0.5) is 5.69 Å². The van der Waals surface area contributed by atoms with Gasteiger partial charge in [-0.2, -0.15) is 0 Å². The van der Waals surface area contributed by atoms with Crippen molar-refractivity contribution in [3.05, 3.63) is 64.7 Å². The first-order valence-electron chi connectivity index (χ1n) is 9.68. The van der Waals surface area contributed by atoms with Gasteiger partial charge in [0.2, 0.25) is 5.91 Å². The number of nitrogens with one attached hydrogen (secondary N) is 3. The predicted molar refractivity (Wildman–Crippen MR) is 135 cm³/mol. The van der Waals surface area contributed by atoms with Gasteiger partial charge in [0.1, 0.15) is 5.60 Å². The minimum Gasteiger partial charge on any atom is -0.384 e. The molecule has 164 valence electrons. The van der Waals surface area contributed by atoms with E-state index >= 15 is 0 Å². The van der Waals surface area contributed by atoms with Crippen LogP contribution in [0.1, 0.15) is 31.4 Å². The monoisotopic (exact) mass is 544 g/mol. The van der Waals surface area contributed by atoms with Gasteiger partial charge < -0.3 is 21.1 Å². The highest BCUT2D eigenvalue weighted by Crippen LogP contribution is 2.23. The van der Waals surface area contributed by atoms with Crippen LogP contribution in [0.2, 0.25) is 5.02 Å². The molecule has 1 amide bonds. The summed E-state index contributed by atoms with van der Waals surface area (Å²) in [5.74, 6) is 0.403. The lowest BCUT2D eigenvalue weighted by Gasteiger charge is -2.22. The van der Waals surface area contributed by atoms with Gasteiger partial charge >= 0.3 is 0 Å². The zero-order chi connectivity index (χ0) is 21.3. The zero-order valence-corrected chi connectivity index (χ0v) is 20.6. The molecule has 6 nitrogen and oxygen atoms in total. The fourth-order valence-corrected chi connectivity index (χ4v) is 2.97. The van der Waals surface area contributed by atoms with Crippen molar-refractivity contribution in [1.29, 1.82) is 0 Å². The SMILES string of the molecule is CCNC(=NCC(C)(O)c1ccccc1)NCCC(=O)Nc1ccc(C)cc1Cl.I. The molecule has 2 aromatic carbocycles. The summed E-state index contributed by atoms with van der Waals surface area (Å²) in [7, 11) is 0. The number of anilines is 1. The van der Waals surface area contributed by atoms with Gasteiger partial charge in [-0.25, -0.2) is 4.99 Å². The molecule has 0 aliphatic rings. The summed E-state index contributed by atoms with van der Waals surface area (Å²) in [6.45, 7) is 6.89. The summed E-state index contributed by atoms with van der Waals surface area (Å²) in [5, 5.41) is 20.3. The number of halogens is 2. The molecule has 0 bridgehead atoms. The lowest BCUT2D eigenvalue weighted by Crippen LogP contribution is -2.40. The maximum Gasteiger partial charge on any atom is 0.226 e. The molecule has 0 heterocycles. The first kappa shape index (κ1) is 26.2. The Morgan fingerprint density at radius 3 is 2.50 bits per heavy atom. The first-order chi connectivity index (χ1) is 13.8. The Morgan fingerprint density at radius 1 is 1.17 bits per heavy atom. The number of benzene rings is 2. The van der Waals surface area contributed by atoms with Gasteiger partial charge in [0.05, 0.1) is 17.3 Å². The molecule has 0 saturated heterocycles. The number of guanidine groups is 1. The molecule has 0 aliphatic heterocycles. The van der Waals surface area contributed by atoms with Crippen LogP contribution in [-0.4, -0.2) is 36.6 Å². The van der Waals surface area contributed by atoms with E-state index < -0.39 is 5.60 Å². The molecular weight excluding hydrogens is 515 g/mol. The van der Waals surface area contributed by atoms with E-state index in [2.05, 4.69) is 20.9 Å². The summed E-state index contributed by atoms with van der Waals surface area (Å²) in [6.07, 6.45) is 0.254. The highest BCUT2D eigenvalue weighted by Gasteiger charge is 2.22. The molecule has 0 spiro atoms. The molecular formula is C22H30ClIN4O2. The number of aliphatic hydroxyl groups is 1. The highest BCUT2D eigenvalue weighted by atomic mass is 127. The van der Waals surface area contributed by atoms with Gasteiger partial charge in [-0.15, -0.1) is 24.0 Å². The molecule has 30 heavy (non-hydrogen) atoms. The van der Waals surface area contributed by atoms with Crippen molar-refractivity contribution in [1.82, 2.24) is 10.6 Å². The van der Waals surface area contributed by atoms with Gasteiger partial charge in [-0.1, -0.05) is 48.0 Å². The molecule has 1 unspecified atom stereocenters. The fourth-order valence-electron chi connectivity index (χ4n) is 2.69. The van der Waals surface area contributed by atoms with Crippen LogP contribution in [-0.2, 0) is 10.4 Å². The Balaban J connectivity index is 0.00000450. The second-order valence-corrected chi connectivity index (χ2v) is 7.45. The van der Waals surface area contributed by atoms with E-state index in [9.17, 15) is 9.90 Å². The van der Waals surface area contributed by atoms with Crippen molar-refractivity contribution in [2.45, 2.75) is 32.8 Å².